The second kappa shape index (κ2) is 6.24. The minimum Gasteiger partial charge on any atom is -0.496 e. The molecule has 0 amide bonds. The standard InChI is InChI=1S/C15H14Br2FNO/c1-8-5-14(20-2)10(7-12(8)17)15(19)9-3-4-11(16)13(18)6-9/h3-7,15H,19H2,1-2H3. The summed E-state index contributed by atoms with van der Waals surface area (Å²) in [6.07, 6.45) is 0. The van der Waals surface area contributed by atoms with Gasteiger partial charge in [0, 0.05) is 10.0 Å². The molecule has 0 aliphatic rings. The Balaban J connectivity index is 2.49. The van der Waals surface area contributed by atoms with Gasteiger partial charge in [-0.25, -0.2) is 4.39 Å². The average Bonchev–Trinajstić information content (AvgIpc) is 2.43. The zero-order chi connectivity index (χ0) is 14.9. The third-order valence-electron chi connectivity index (χ3n) is 3.15. The van der Waals surface area contributed by atoms with E-state index in [0.29, 0.717) is 15.8 Å². The Hall–Kier alpha value is -0.910. The minimum atomic E-state index is -0.454. The van der Waals surface area contributed by atoms with Crippen LogP contribution in [0.1, 0.15) is 22.7 Å². The minimum absolute atomic E-state index is 0.330. The van der Waals surface area contributed by atoms with Crippen molar-refractivity contribution in [2.45, 2.75) is 13.0 Å². The fourth-order valence-electron chi connectivity index (χ4n) is 1.98. The molecule has 2 aromatic rings. The molecule has 0 fully saturated rings. The van der Waals surface area contributed by atoms with E-state index in [1.54, 1.807) is 19.2 Å². The van der Waals surface area contributed by atoms with Crippen LogP contribution >= 0.6 is 31.9 Å². The van der Waals surface area contributed by atoms with Gasteiger partial charge in [-0.05, 0) is 58.2 Å². The Morgan fingerprint density at radius 2 is 1.85 bits per heavy atom. The van der Waals surface area contributed by atoms with E-state index in [1.807, 2.05) is 19.1 Å². The summed E-state index contributed by atoms with van der Waals surface area (Å²) in [7, 11) is 1.60. The van der Waals surface area contributed by atoms with Gasteiger partial charge in [0.2, 0.25) is 0 Å². The van der Waals surface area contributed by atoms with Crippen LogP contribution in [0, 0.1) is 12.7 Å². The number of hydrogen-bond donors (Lipinski definition) is 1. The summed E-state index contributed by atoms with van der Waals surface area (Å²) in [6.45, 7) is 1.97. The maximum absolute atomic E-state index is 13.6. The van der Waals surface area contributed by atoms with Crippen LogP contribution in [-0.4, -0.2) is 7.11 Å². The monoisotopic (exact) mass is 401 g/mol. The van der Waals surface area contributed by atoms with Gasteiger partial charge < -0.3 is 10.5 Å². The molecule has 0 spiro atoms. The van der Waals surface area contributed by atoms with E-state index in [1.165, 1.54) is 6.07 Å². The molecule has 0 saturated carbocycles. The van der Waals surface area contributed by atoms with E-state index in [2.05, 4.69) is 31.9 Å². The van der Waals surface area contributed by atoms with E-state index in [9.17, 15) is 4.39 Å². The summed E-state index contributed by atoms with van der Waals surface area (Å²) in [5, 5.41) is 0. The Morgan fingerprint density at radius 3 is 2.45 bits per heavy atom. The van der Waals surface area contributed by atoms with Crippen LogP contribution < -0.4 is 10.5 Å². The number of benzene rings is 2. The highest BCUT2D eigenvalue weighted by atomic mass is 79.9. The maximum atomic E-state index is 13.6. The van der Waals surface area contributed by atoms with Gasteiger partial charge in [0.25, 0.3) is 0 Å². The lowest BCUT2D eigenvalue weighted by Crippen LogP contribution is -2.13. The Morgan fingerprint density at radius 1 is 1.15 bits per heavy atom. The maximum Gasteiger partial charge on any atom is 0.137 e. The third kappa shape index (κ3) is 3.05. The molecule has 0 saturated heterocycles. The van der Waals surface area contributed by atoms with Crippen molar-refractivity contribution in [2.24, 2.45) is 5.73 Å². The second-order valence-corrected chi connectivity index (χ2v) is 6.20. The van der Waals surface area contributed by atoms with Crippen molar-refractivity contribution in [1.82, 2.24) is 0 Å². The lowest BCUT2D eigenvalue weighted by molar-refractivity contribution is 0.407. The molecule has 0 radical (unpaired) electrons. The summed E-state index contributed by atoms with van der Waals surface area (Å²) >= 11 is 6.62. The largest absolute Gasteiger partial charge is 0.496 e. The van der Waals surface area contributed by atoms with Crippen molar-refractivity contribution in [2.75, 3.05) is 7.11 Å². The Kier molecular flexibility index (Phi) is 4.83. The summed E-state index contributed by atoms with van der Waals surface area (Å²) in [5.41, 5.74) is 8.81. The molecular weight excluding hydrogens is 389 g/mol. The highest BCUT2D eigenvalue weighted by Crippen LogP contribution is 2.34. The molecule has 0 aromatic heterocycles. The van der Waals surface area contributed by atoms with Gasteiger partial charge in [0.15, 0.2) is 0 Å². The highest BCUT2D eigenvalue weighted by molar-refractivity contribution is 9.10. The second-order valence-electron chi connectivity index (χ2n) is 4.49. The molecule has 2 rings (SSSR count). The molecule has 0 bridgehead atoms. The fourth-order valence-corrected chi connectivity index (χ4v) is 2.58. The van der Waals surface area contributed by atoms with E-state index in [-0.39, 0.29) is 5.82 Å². The summed E-state index contributed by atoms with van der Waals surface area (Å²) in [6, 6.07) is 8.25. The van der Waals surface area contributed by atoms with Crippen LogP contribution in [0.25, 0.3) is 0 Å². The van der Waals surface area contributed by atoms with E-state index >= 15 is 0 Å². The van der Waals surface area contributed by atoms with Gasteiger partial charge in [-0.2, -0.15) is 0 Å². The molecule has 2 aromatic carbocycles. The topological polar surface area (TPSA) is 35.2 Å². The molecular formula is C15H14Br2FNO. The predicted molar refractivity (Wildman–Crippen MR) is 85.6 cm³/mol. The van der Waals surface area contributed by atoms with Crippen molar-refractivity contribution >= 4 is 31.9 Å². The molecule has 2 nitrogen and oxygen atoms in total. The van der Waals surface area contributed by atoms with Crippen molar-refractivity contribution < 1.29 is 9.13 Å². The number of hydrogen-bond acceptors (Lipinski definition) is 2. The van der Waals surface area contributed by atoms with Crippen LogP contribution in [0.2, 0.25) is 0 Å². The fraction of sp³-hybridized carbons (Fsp3) is 0.200. The number of ether oxygens (including phenoxy) is 1. The van der Waals surface area contributed by atoms with Crippen molar-refractivity contribution in [3.8, 4) is 5.75 Å². The molecule has 1 unspecified atom stereocenters. The summed E-state index contributed by atoms with van der Waals surface area (Å²) in [5.74, 6) is 0.365. The molecule has 0 aliphatic heterocycles. The summed E-state index contributed by atoms with van der Waals surface area (Å²) in [4.78, 5) is 0. The van der Waals surface area contributed by atoms with Crippen LogP contribution in [0.4, 0.5) is 4.39 Å². The number of methoxy groups -OCH3 is 1. The summed E-state index contributed by atoms with van der Waals surface area (Å²) < 4.78 is 20.4. The number of rotatable bonds is 3. The van der Waals surface area contributed by atoms with Crippen molar-refractivity contribution in [3.63, 3.8) is 0 Å². The average molecular weight is 403 g/mol. The molecule has 0 heterocycles. The van der Waals surface area contributed by atoms with Gasteiger partial charge in [-0.1, -0.05) is 22.0 Å². The molecule has 5 heteroatoms. The first-order valence-electron chi connectivity index (χ1n) is 5.98. The van der Waals surface area contributed by atoms with Crippen LogP contribution in [-0.2, 0) is 0 Å². The highest BCUT2D eigenvalue weighted by Gasteiger charge is 2.17. The lowest BCUT2D eigenvalue weighted by atomic mass is 9.97. The van der Waals surface area contributed by atoms with Crippen LogP contribution in [0.3, 0.4) is 0 Å². The van der Waals surface area contributed by atoms with Gasteiger partial charge >= 0.3 is 0 Å². The smallest absolute Gasteiger partial charge is 0.137 e. The first-order valence-corrected chi connectivity index (χ1v) is 7.57. The van der Waals surface area contributed by atoms with Crippen LogP contribution in [0.5, 0.6) is 5.75 Å². The Bertz CT molecular complexity index is 646. The quantitative estimate of drug-likeness (QED) is 0.806. The van der Waals surface area contributed by atoms with E-state index < -0.39 is 6.04 Å². The Labute approximate surface area is 134 Å². The zero-order valence-electron chi connectivity index (χ0n) is 11.1. The number of aryl methyl sites for hydroxylation is 1. The molecule has 106 valence electrons. The van der Waals surface area contributed by atoms with Gasteiger partial charge in [0.1, 0.15) is 11.6 Å². The SMILES string of the molecule is COc1cc(C)c(Br)cc1C(N)c1ccc(Br)c(F)c1. The zero-order valence-corrected chi connectivity index (χ0v) is 14.3. The molecule has 0 aliphatic carbocycles. The van der Waals surface area contributed by atoms with E-state index in [4.69, 9.17) is 10.5 Å². The van der Waals surface area contributed by atoms with Crippen molar-refractivity contribution in [3.05, 3.63) is 61.8 Å². The van der Waals surface area contributed by atoms with E-state index in [0.717, 1.165) is 15.6 Å². The van der Waals surface area contributed by atoms with Crippen molar-refractivity contribution in [1.29, 1.82) is 0 Å². The number of halogens is 3. The van der Waals surface area contributed by atoms with Gasteiger partial charge in [-0.3, -0.25) is 0 Å². The lowest BCUT2D eigenvalue weighted by Gasteiger charge is -2.18. The number of nitrogens with two attached hydrogens (primary N) is 1. The van der Waals surface area contributed by atoms with Gasteiger partial charge in [0.05, 0.1) is 17.6 Å². The molecule has 2 N–H and O–H groups in total. The van der Waals surface area contributed by atoms with Crippen LogP contribution in [0.15, 0.2) is 39.3 Å². The normalized spacial score (nSPS) is 12.3. The van der Waals surface area contributed by atoms with Gasteiger partial charge in [-0.15, -0.1) is 0 Å². The molecule has 20 heavy (non-hydrogen) atoms. The first-order chi connectivity index (χ1) is 9.43. The first kappa shape index (κ1) is 15.5. The third-order valence-corrected chi connectivity index (χ3v) is 4.65. The molecule has 1 atom stereocenters. The predicted octanol–water partition coefficient (Wildman–Crippen LogP) is 4.72.